The van der Waals surface area contributed by atoms with E-state index in [2.05, 4.69) is 52.9 Å². The second-order valence-electron chi connectivity index (χ2n) is 4.00. The van der Waals surface area contributed by atoms with Gasteiger partial charge >= 0.3 is 0 Å². The minimum atomic E-state index is 0.319. The van der Waals surface area contributed by atoms with Crippen LogP contribution in [0.1, 0.15) is 25.5 Å². The Hall–Kier alpha value is -1.40. The van der Waals surface area contributed by atoms with Crippen LogP contribution in [0, 0.1) is 0 Å². The van der Waals surface area contributed by atoms with Crippen molar-refractivity contribution in [3.8, 4) is 0 Å². The molecule has 0 spiro atoms. The number of aromatic nitrogens is 4. The van der Waals surface area contributed by atoms with E-state index in [1.807, 2.05) is 13.1 Å². The van der Waals surface area contributed by atoms with Crippen molar-refractivity contribution in [3.05, 3.63) is 29.8 Å². The van der Waals surface area contributed by atoms with E-state index in [4.69, 9.17) is 0 Å². The van der Waals surface area contributed by atoms with Crippen LogP contribution in [0.2, 0.25) is 0 Å². The molecule has 5 nitrogen and oxygen atoms in total. The van der Waals surface area contributed by atoms with Crippen LogP contribution in [0.5, 0.6) is 0 Å². The minimum Gasteiger partial charge on any atom is -0.310 e. The smallest absolute Gasteiger partial charge is 0.213 e. The van der Waals surface area contributed by atoms with Gasteiger partial charge < -0.3 is 5.32 Å². The van der Waals surface area contributed by atoms with Crippen molar-refractivity contribution in [1.29, 1.82) is 0 Å². The Bertz CT molecular complexity index is 511. The van der Waals surface area contributed by atoms with Crippen molar-refractivity contribution in [2.75, 3.05) is 6.54 Å². The van der Waals surface area contributed by atoms with Gasteiger partial charge in [0.2, 0.25) is 5.16 Å². The van der Waals surface area contributed by atoms with Gasteiger partial charge in [-0.25, -0.2) is 4.68 Å². The lowest BCUT2D eigenvalue weighted by Crippen LogP contribution is -2.18. The van der Waals surface area contributed by atoms with Gasteiger partial charge in [-0.2, -0.15) is 0 Å². The second kappa shape index (κ2) is 5.97. The maximum absolute atomic E-state index is 4.00. The Morgan fingerprint density at radius 1 is 1.39 bits per heavy atom. The summed E-state index contributed by atoms with van der Waals surface area (Å²) in [6.45, 7) is 5.22. The number of benzene rings is 1. The van der Waals surface area contributed by atoms with E-state index in [0.29, 0.717) is 6.04 Å². The summed E-state index contributed by atoms with van der Waals surface area (Å²) >= 11 is 1.59. The van der Waals surface area contributed by atoms with Crippen LogP contribution in [0.3, 0.4) is 0 Å². The number of nitrogens with one attached hydrogen (secondary N) is 1. The fourth-order valence-electron chi connectivity index (χ4n) is 1.75. The average Bonchev–Trinajstić information content (AvgIpc) is 2.76. The molecule has 1 N–H and O–H groups in total. The van der Waals surface area contributed by atoms with Crippen LogP contribution in [0.15, 0.2) is 34.3 Å². The molecule has 0 amide bonds. The third-order valence-corrected chi connectivity index (χ3v) is 3.80. The highest BCUT2D eigenvalue weighted by Gasteiger charge is 2.12. The lowest BCUT2D eigenvalue weighted by atomic mass is 10.1. The molecular weight excluding hydrogens is 246 g/mol. The molecule has 0 aliphatic heterocycles. The van der Waals surface area contributed by atoms with Crippen molar-refractivity contribution in [2.24, 2.45) is 7.05 Å². The molecule has 1 aromatic carbocycles. The van der Waals surface area contributed by atoms with Gasteiger partial charge in [0.25, 0.3) is 0 Å². The first kappa shape index (κ1) is 13.0. The molecule has 1 atom stereocenters. The van der Waals surface area contributed by atoms with E-state index in [0.717, 1.165) is 11.7 Å². The van der Waals surface area contributed by atoms with Crippen molar-refractivity contribution >= 4 is 11.8 Å². The largest absolute Gasteiger partial charge is 0.310 e. The average molecular weight is 263 g/mol. The van der Waals surface area contributed by atoms with E-state index in [1.165, 1.54) is 10.5 Å². The first-order valence-electron chi connectivity index (χ1n) is 5.95. The lowest BCUT2D eigenvalue weighted by molar-refractivity contribution is 0.589. The molecule has 0 radical (unpaired) electrons. The van der Waals surface area contributed by atoms with Crippen LogP contribution in [0.25, 0.3) is 0 Å². The van der Waals surface area contributed by atoms with Gasteiger partial charge in [-0.1, -0.05) is 25.1 Å². The normalized spacial score (nSPS) is 12.6. The fourth-order valence-corrected chi connectivity index (χ4v) is 2.71. The second-order valence-corrected chi connectivity index (χ2v) is 5.01. The molecule has 2 rings (SSSR count). The van der Waals surface area contributed by atoms with Gasteiger partial charge in [-0.05, 0) is 47.3 Å². The maximum atomic E-state index is 4.00. The van der Waals surface area contributed by atoms with E-state index >= 15 is 0 Å². The van der Waals surface area contributed by atoms with Gasteiger partial charge in [0.05, 0.1) is 0 Å². The van der Waals surface area contributed by atoms with Gasteiger partial charge in [0.15, 0.2) is 0 Å². The van der Waals surface area contributed by atoms with Crippen LogP contribution in [-0.2, 0) is 7.05 Å². The van der Waals surface area contributed by atoms with E-state index in [9.17, 15) is 0 Å². The third-order valence-electron chi connectivity index (χ3n) is 2.68. The molecule has 0 bridgehead atoms. The zero-order valence-electron chi connectivity index (χ0n) is 10.8. The summed E-state index contributed by atoms with van der Waals surface area (Å²) in [5.41, 5.74) is 1.27. The molecule has 2 aromatic rings. The zero-order valence-corrected chi connectivity index (χ0v) is 11.6. The predicted molar refractivity (Wildman–Crippen MR) is 71.5 cm³/mol. The SMILES string of the molecule is CCNC(C)c1ccccc1Sc1nnnn1C. The Kier molecular flexibility index (Phi) is 4.33. The summed E-state index contributed by atoms with van der Waals surface area (Å²) in [5.74, 6) is 0. The summed E-state index contributed by atoms with van der Waals surface area (Å²) in [7, 11) is 1.85. The molecule has 1 unspecified atom stereocenters. The summed E-state index contributed by atoms with van der Waals surface area (Å²) in [5, 5.41) is 15.7. The molecule has 6 heteroatoms. The zero-order chi connectivity index (χ0) is 13.0. The number of rotatable bonds is 5. The molecule has 18 heavy (non-hydrogen) atoms. The molecule has 0 aliphatic carbocycles. The molecule has 0 fully saturated rings. The Labute approximate surface area is 111 Å². The van der Waals surface area contributed by atoms with Gasteiger partial charge in [0, 0.05) is 18.0 Å². The molecule has 0 aliphatic rings. The molecule has 96 valence electrons. The highest BCUT2D eigenvalue weighted by molar-refractivity contribution is 7.99. The Morgan fingerprint density at radius 2 is 2.17 bits per heavy atom. The molecule has 1 aromatic heterocycles. The highest BCUT2D eigenvalue weighted by atomic mass is 32.2. The van der Waals surface area contributed by atoms with E-state index in [-0.39, 0.29) is 0 Å². The predicted octanol–water partition coefficient (Wildman–Crippen LogP) is 2.03. The minimum absolute atomic E-state index is 0.319. The van der Waals surface area contributed by atoms with Crippen LogP contribution in [0.4, 0.5) is 0 Å². The van der Waals surface area contributed by atoms with Gasteiger partial charge in [-0.15, -0.1) is 5.10 Å². The van der Waals surface area contributed by atoms with Crippen molar-refractivity contribution in [2.45, 2.75) is 29.9 Å². The van der Waals surface area contributed by atoms with E-state index < -0.39 is 0 Å². The number of nitrogens with zero attached hydrogens (tertiary/aromatic N) is 4. The summed E-state index contributed by atoms with van der Waals surface area (Å²) < 4.78 is 1.68. The Balaban J connectivity index is 2.25. The molecular formula is C12H17N5S. The summed E-state index contributed by atoms with van der Waals surface area (Å²) in [4.78, 5) is 1.18. The molecule has 0 saturated heterocycles. The highest BCUT2D eigenvalue weighted by Crippen LogP contribution is 2.31. The van der Waals surface area contributed by atoms with Gasteiger partial charge in [-0.3, -0.25) is 0 Å². The lowest BCUT2D eigenvalue weighted by Gasteiger charge is -2.16. The fraction of sp³-hybridized carbons (Fsp3) is 0.417. The first-order chi connectivity index (χ1) is 8.72. The van der Waals surface area contributed by atoms with Crippen LogP contribution < -0.4 is 5.32 Å². The first-order valence-corrected chi connectivity index (χ1v) is 6.76. The number of hydrogen-bond donors (Lipinski definition) is 1. The number of aryl methyl sites for hydroxylation is 1. The Morgan fingerprint density at radius 3 is 2.83 bits per heavy atom. The molecule has 1 heterocycles. The van der Waals surface area contributed by atoms with Crippen molar-refractivity contribution in [3.63, 3.8) is 0 Å². The quantitative estimate of drug-likeness (QED) is 0.894. The van der Waals surface area contributed by atoms with E-state index in [1.54, 1.807) is 16.4 Å². The molecule has 0 saturated carbocycles. The number of tetrazole rings is 1. The topological polar surface area (TPSA) is 55.6 Å². The van der Waals surface area contributed by atoms with Crippen molar-refractivity contribution < 1.29 is 0 Å². The maximum Gasteiger partial charge on any atom is 0.213 e. The van der Waals surface area contributed by atoms with Crippen LogP contribution in [-0.4, -0.2) is 26.8 Å². The summed E-state index contributed by atoms with van der Waals surface area (Å²) in [6, 6.07) is 8.65. The summed E-state index contributed by atoms with van der Waals surface area (Å²) in [6.07, 6.45) is 0. The number of hydrogen-bond acceptors (Lipinski definition) is 5. The third kappa shape index (κ3) is 2.88. The van der Waals surface area contributed by atoms with Crippen molar-refractivity contribution in [1.82, 2.24) is 25.5 Å². The van der Waals surface area contributed by atoms with Gasteiger partial charge in [0.1, 0.15) is 0 Å². The standard InChI is InChI=1S/C12H17N5S/c1-4-13-9(2)10-7-5-6-8-11(10)18-12-14-15-16-17(12)3/h5-9,13H,4H2,1-3H3. The van der Waals surface area contributed by atoms with Crippen LogP contribution >= 0.6 is 11.8 Å². The monoisotopic (exact) mass is 263 g/mol.